The Morgan fingerprint density at radius 2 is 1.62 bits per heavy atom. The Balaban J connectivity index is 0.00000264. The number of carbonyl (C=O) groups excluding carboxylic acids is 1. The molecular formula is C17H23Cl2N3O2. The number of nitrogens with two attached hydrogens (primary N) is 1. The number of halogens is 2. The lowest BCUT2D eigenvalue weighted by molar-refractivity contribution is -0.117. The van der Waals surface area contributed by atoms with Gasteiger partial charge in [-0.05, 0) is 48.7 Å². The van der Waals surface area contributed by atoms with Crippen molar-refractivity contribution in [1.29, 1.82) is 0 Å². The molecule has 2 rings (SSSR count). The zero-order valence-electron chi connectivity index (χ0n) is 13.6. The molecule has 1 aromatic carbocycles. The van der Waals surface area contributed by atoms with Gasteiger partial charge in [0.25, 0.3) is 0 Å². The number of hydrogen-bond donors (Lipinski definition) is 2. The van der Waals surface area contributed by atoms with E-state index in [0.717, 1.165) is 0 Å². The van der Waals surface area contributed by atoms with E-state index in [1.54, 1.807) is 48.8 Å². The molecular weight excluding hydrogens is 349 g/mol. The first-order valence-electron chi connectivity index (χ1n) is 7.29. The Kier molecular flexibility index (Phi) is 10.0. The second kappa shape index (κ2) is 10.9. The van der Waals surface area contributed by atoms with Crippen molar-refractivity contribution in [3.05, 3.63) is 48.8 Å². The standard InChI is InChI=1S/C17H21N3O2.2ClH/c1-12(2)11-16(18)17(21)20-13-3-5-14(6-4-13)22-15-7-9-19-10-8-15;;/h3-10,12,16H,11,18H2,1-2H3,(H,20,21);2*1H/t16-;;/m0../s1. The third-order valence-corrected chi connectivity index (χ3v) is 3.07. The van der Waals surface area contributed by atoms with Gasteiger partial charge in [-0.1, -0.05) is 13.8 Å². The summed E-state index contributed by atoms with van der Waals surface area (Å²) in [6.07, 6.45) is 4.00. The van der Waals surface area contributed by atoms with Crippen molar-refractivity contribution in [2.45, 2.75) is 26.3 Å². The van der Waals surface area contributed by atoms with E-state index in [1.807, 2.05) is 13.8 Å². The number of carbonyl (C=O) groups is 1. The number of amides is 1. The number of anilines is 1. The van der Waals surface area contributed by atoms with Gasteiger partial charge in [-0.25, -0.2) is 0 Å². The zero-order valence-corrected chi connectivity index (χ0v) is 15.3. The topological polar surface area (TPSA) is 77.2 Å². The van der Waals surface area contributed by atoms with E-state index in [0.29, 0.717) is 29.5 Å². The molecule has 0 radical (unpaired) electrons. The molecule has 0 saturated heterocycles. The van der Waals surface area contributed by atoms with Crippen molar-refractivity contribution in [1.82, 2.24) is 4.98 Å². The summed E-state index contributed by atoms with van der Waals surface area (Å²) in [5.74, 6) is 1.62. The Labute approximate surface area is 154 Å². The lowest BCUT2D eigenvalue weighted by Gasteiger charge is -2.14. The van der Waals surface area contributed by atoms with Gasteiger partial charge >= 0.3 is 0 Å². The number of hydrogen-bond acceptors (Lipinski definition) is 4. The van der Waals surface area contributed by atoms with Gasteiger partial charge in [0.2, 0.25) is 5.91 Å². The SMILES string of the molecule is CC(C)C[C@H](N)C(=O)Nc1ccc(Oc2ccncc2)cc1.Cl.Cl. The molecule has 0 bridgehead atoms. The largest absolute Gasteiger partial charge is 0.457 e. The average molecular weight is 372 g/mol. The smallest absolute Gasteiger partial charge is 0.241 e. The summed E-state index contributed by atoms with van der Waals surface area (Å²) in [5.41, 5.74) is 6.56. The molecule has 7 heteroatoms. The first-order chi connectivity index (χ1) is 10.5. The molecule has 0 aliphatic carbocycles. The highest BCUT2D eigenvalue weighted by atomic mass is 35.5. The Morgan fingerprint density at radius 1 is 1.08 bits per heavy atom. The van der Waals surface area contributed by atoms with Crippen LogP contribution in [0.15, 0.2) is 48.8 Å². The molecule has 132 valence electrons. The molecule has 0 aliphatic rings. The molecule has 3 N–H and O–H groups in total. The zero-order chi connectivity index (χ0) is 15.9. The van der Waals surface area contributed by atoms with E-state index in [4.69, 9.17) is 10.5 Å². The van der Waals surface area contributed by atoms with Gasteiger partial charge in [-0.2, -0.15) is 0 Å². The van der Waals surface area contributed by atoms with E-state index in [9.17, 15) is 4.79 Å². The molecule has 0 spiro atoms. The highest BCUT2D eigenvalue weighted by Gasteiger charge is 2.14. The van der Waals surface area contributed by atoms with Crippen LogP contribution in [-0.2, 0) is 4.79 Å². The molecule has 1 amide bonds. The molecule has 2 aromatic rings. The fourth-order valence-corrected chi connectivity index (χ4v) is 2.00. The monoisotopic (exact) mass is 371 g/mol. The van der Waals surface area contributed by atoms with Crippen LogP contribution < -0.4 is 15.8 Å². The van der Waals surface area contributed by atoms with E-state index in [2.05, 4.69) is 10.3 Å². The summed E-state index contributed by atoms with van der Waals surface area (Å²) in [7, 11) is 0. The van der Waals surface area contributed by atoms with Gasteiger partial charge in [-0.15, -0.1) is 24.8 Å². The lowest BCUT2D eigenvalue weighted by atomic mass is 10.0. The van der Waals surface area contributed by atoms with E-state index in [-0.39, 0.29) is 30.7 Å². The summed E-state index contributed by atoms with van der Waals surface area (Å²) in [6, 6.07) is 10.2. The summed E-state index contributed by atoms with van der Waals surface area (Å²) >= 11 is 0. The van der Waals surface area contributed by atoms with Crippen LogP contribution in [0.1, 0.15) is 20.3 Å². The van der Waals surface area contributed by atoms with E-state index >= 15 is 0 Å². The minimum atomic E-state index is -0.493. The van der Waals surface area contributed by atoms with Gasteiger partial charge < -0.3 is 15.8 Å². The lowest BCUT2D eigenvalue weighted by Crippen LogP contribution is -2.36. The maximum atomic E-state index is 11.9. The number of aromatic nitrogens is 1. The van der Waals surface area contributed by atoms with Crippen LogP contribution in [0.2, 0.25) is 0 Å². The van der Waals surface area contributed by atoms with Gasteiger partial charge in [0.05, 0.1) is 6.04 Å². The fourth-order valence-electron chi connectivity index (χ4n) is 2.00. The summed E-state index contributed by atoms with van der Waals surface area (Å²) in [5, 5.41) is 2.81. The Morgan fingerprint density at radius 3 is 2.17 bits per heavy atom. The summed E-state index contributed by atoms with van der Waals surface area (Å²) in [4.78, 5) is 15.9. The van der Waals surface area contributed by atoms with Crippen molar-refractivity contribution < 1.29 is 9.53 Å². The van der Waals surface area contributed by atoms with Crippen LogP contribution in [0.25, 0.3) is 0 Å². The second-order valence-electron chi connectivity index (χ2n) is 5.53. The maximum Gasteiger partial charge on any atom is 0.241 e. The third kappa shape index (κ3) is 7.17. The minimum Gasteiger partial charge on any atom is -0.457 e. The summed E-state index contributed by atoms with van der Waals surface area (Å²) < 4.78 is 5.66. The molecule has 1 atom stereocenters. The van der Waals surface area contributed by atoms with E-state index in [1.165, 1.54) is 0 Å². The Hall–Kier alpha value is -1.82. The number of nitrogens with zero attached hydrogens (tertiary/aromatic N) is 1. The number of rotatable bonds is 6. The summed E-state index contributed by atoms with van der Waals surface area (Å²) in [6.45, 7) is 4.08. The van der Waals surface area contributed by atoms with Crippen molar-refractivity contribution in [2.24, 2.45) is 11.7 Å². The van der Waals surface area contributed by atoms with Gasteiger partial charge in [-0.3, -0.25) is 9.78 Å². The van der Waals surface area contributed by atoms with Crippen molar-refractivity contribution in [2.75, 3.05) is 5.32 Å². The molecule has 1 heterocycles. The van der Waals surface area contributed by atoms with Crippen molar-refractivity contribution in [3.8, 4) is 11.5 Å². The first-order valence-corrected chi connectivity index (χ1v) is 7.29. The highest BCUT2D eigenvalue weighted by molar-refractivity contribution is 5.94. The van der Waals surface area contributed by atoms with Crippen LogP contribution in [0.5, 0.6) is 11.5 Å². The van der Waals surface area contributed by atoms with Crippen LogP contribution in [0, 0.1) is 5.92 Å². The van der Waals surface area contributed by atoms with Crippen LogP contribution in [0.4, 0.5) is 5.69 Å². The maximum absolute atomic E-state index is 11.9. The molecule has 0 saturated carbocycles. The predicted molar refractivity (Wildman–Crippen MR) is 101 cm³/mol. The number of nitrogens with one attached hydrogen (secondary N) is 1. The van der Waals surface area contributed by atoms with Crippen LogP contribution >= 0.6 is 24.8 Å². The molecule has 0 aliphatic heterocycles. The third-order valence-electron chi connectivity index (χ3n) is 3.07. The van der Waals surface area contributed by atoms with E-state index < -0.39 is 6.04 Å². The van der Waals surface area contributed by atoms with Crippen LogP contribution in [-0.4, -0.2) is 16.9 Å². The number of benzene rings is 1. The molecule has 0 fully saturated rings. The van der Waals surface area contributed by atoms with Crippen LogP contribution in [0.3, 0.4) is 0 Å². The quantitative estimate of drug-likeness (QED) is 0.803. The molecule has 5 nitrogen and oxygen atoms in total. The number of ether oxygens (including phenoxy) is 1. The number of pyridine rings is 1. The highest BCUT2D eigenvalue weighted by Crippen LogP contribution is 2.22. The minimum absolute atomic E-state index is 0. The fraction of sp³-hybridized carbons (Fsp3) is 0.294. The van der Waals surface area contributed by atoms with Gasteiger partial charge in [0.15, 0.2) is 0 Å². The first kappa shape index (κ1) is 22.2. The normalized spacial score (nSPS) is 11.0. The average Bonchev–Trinajstić information content (AvgIpc) is 2.49. The second-order valence-corrected chi connectivity index (χ2v) is 5.53. The predicted octanol–water partition coefficient (Wildman–Crippen LogP) is 4.03. The molecule has 1 aromatic heterocycles. The molecule has 0 unspecified atom stereocenters. The van der Waals surface area contributed by atoms with Gasteiger partial charge in [0, 0.05) is 18.1 Å². The Bertz CT molecular complexity index is 607. The van der Waals surface area contributed by atoms with Gasteiger partial charge in [0.1, 0.15) is 11.5 Å². The molecule has 24 heavy (non-hydrogen) atoms. The van der Waals surface area contributed by atoms with Crippen molar-refractivity contribution >= 4 is 36.4 Å². The van der Waals surface area contributed by atoms with Crippen molar-refractivity contribution in [3.63, 3.8) is 0 Å².